The van der Waals surface area contributed by atoms with Crippen LogP contribution in [0.2, 0.25) is 0 Å². The number of hydrogen-bond acceptors (Lipinski definition) is 1. The van der Waals surface area contributed by atoms with Crippen LogP contribution in [0.4, 0.5) is 0 Å². The minimum atomic E-state index is 0.752. The van der Waals surface area contributed by atoms with E-state index in [4.69, 9.17) is 0 Å². The van der Waals surface area contributed by atoms with Crippen molar-refractivity contribution in [1.29, 1.82) is 0 Å². The van der Waals surface area contributed by atoms with Crippen LogP contribution >= 0.6 is 15.9 Å². The summed E-state index contributed by atoms with van der Waals surface area (Å²) >= 11 is 3.47. The van der Waals surface area contributed by atoms with Gasteiger partial charge in [0.05, 0.1) is 0 Å². The average Bonchev–Trinajstić information content (AvgIpc) is 2.25. The summed E-state index contributed by atoms with van der Waals surface area (Å²) in [6.07, 6.45) is 4.12. The summed E-state index contributed by atoms with van der Waals surface area (Å²) in [6, 6.07) is 9.44. The molecule has 0 amide bonds. The summed E-state index contributed by atoms with van der Waals surface area (Å²) in [6.45, 7) is 4.71. The van der Waals surface area contributed by atoms with E-state index in [2.05, 4.69) is 52.0 Å². The summed E-state index contributed by atoms with van der Waals surface area (Å²) in [5, 5.41) is 0. The van der Waals surface area contributed by atoms with E-state index < -0.39 is 0 Å². The fourth-order valence-electron chi connectivity index (χ4n) is 2.22. The van der Waals surface area contributed by atoms with E-state index in [1.807, 2.05) is 0 Å². The molecule has 2 heteroatoms. The number of halogens is 1. The van der Waals surface area contributed by atoms with Gasteiger partial charge in [0.25, 0.3) is 0 Å². The number of hydrogen-bond donors (Lipinski definition) is 0. The predicted octanol–water partition coefficient (Wildman–Crippen LogP) is 3.82. The van der Waals surface area contributed by atoms with E-state index in [1.165, 1.54) is 31.4 Å². The Morgan fingerprint density at radius 1 is 1.27 bits per heavy atom. The van der Waals surface area contributed by atoms with Gasteiger partial charge in [-0.1, -0.05) is 34.5 Å². The standard InChI is InChI=1S/C13H18BrN/c1-11-4-2-3-9-15(11)10-12-5-7-13(14)8-6-12/h5-8,11H,2-4,9-10H2,1H3/t11-/m0/s1. The van der Waals surface area contributed by atoms with Crippen molar-refractivity contribution in [1.82, 2.24) is 4.90 Å². The molecule has 1 saturated heterocycles. The Morgan fingerprint density at radius 2 is 2.00 bits per heavy atom. The highest BCUT2D eigenvalue weighted by Crippen LogP contribution is 2.19. The van der Waals surface area contributed by atoms with Gasteiger partial charge in [-0.25, -0.2) is 0 Å². The first kappa shape index (κ1) is 11.2. The lowest BCUT2D eigenvalue weighted by Gasteiger charge is -2.33. The lowest BCUT2D eigenvalue weighted by atomic mass is 10.0. The van der Waals surface area contributed by atoms with Gasteiger partial charge in [0, 0.05) is 17.1 Å². The van der Waals surface area contributed by atoms with Crippen LogP contribution in [0.3, 0.4) is 0 Å². The Balaban J connectivity index is 1.98. The van der Waals surface area contributed by atoms with Crippen molar-refractivity contribution in [3.8, 4) is 0 Å². The van der Waals surface area contributed by atoms with Gasteiger partial charge < -0.3 is 0 Å². The summed E-state index contributed by atoms with van der Waals surface area (Å²) in [7, 11) is 0. The smallest absolute Gasteiger partial charge is 0.0236 e. The molecule has 0 saturated carbocycles. The highest BCUT2D eigenvalue weighted by Gasteiger charge is 2.17. The number of piperidine rings is 1. The minimum absolute atomic E-state index is 0.752. The van der Waals surface area contributed by atoms with Crippen LogP contribution in [0.5, 0.6) is 0 Å². The first-order chi connectivity index (χ1) is 7.25. The van der Waals surface area contributed by atoms with Gasteiger partial charge in [-0.05, 0) is 44.0 Å². The molecule has 1 atom stereocenters. The second kappa shape index (κ2) is 5.13. The second-order valence-electron chi connectivity index (χ2n) is 4.44. The van der Waals surface area contributed by atoms with Crippen molar-refractivity contribution in [3.05, 3.63) is 34.3 Å². The molecule has 1 heterocycles. The van der Waals surface area contributed by atoms with Gasteiger partial charge >= 0.3 is 0 Å². The van der Waals surface area contributed by atoms with Gasteiger partial charge in [0.1, 0.15) is 0 Å². The Bertz CT molecular complexity index is 307. The molecular formula is C13H18BrN. The third-order valence-corrected chi connectivity index (χ3v) is 3.77. The average molecular weight is 268 g/mol. The van der Waals surface area contributed by atoms with E-state index in [-0.39, 0.29) is 0 Å². The maximum atomic E-state index is 3.47. The first-order valence-corrected chi connectivity index (χ1v) is 6.53. The zero-order valence-corrected chi connectivity index (χ0v) is 10.8. The van der Waals surface area contributed by atoms with Crippen LogP contribution in [0, 0.1) is 0 Å². The van der Waals surface area contributed by atoms with Crippen LogP contribution in [-0.4, -0.2) is 17.5 Å². The van der Waals surface area contributed by atoms with Crippen molar-refractivity contribution in [2.24, 2.45) is 0 Å². The van der Waals surface area contributed by atoms with E-state index >= 15 is 0 Å². The lowest BCUT2D eigenvalue weighted by Crippen LogP contribution is -2.36. The number of benzene rings is 1. The minimum Gasteiger partial charge on any atom is -0.296 e. The largest absolute Gasteiger partial charge is 0.296 e. The summed E-state index contributed by atoms with van der Waals surface area (Å²) in [5.74, 6) is 0. The van der Waals surface area contributed by atoms with Gasteiger partial charge in [0.15, 0.2) is 0 Å². The number of likely N-dealkylation sites (tertiary alicyclic amines) is 1. The van der Waals surface area contributed by atoms with Crippen LogP contribution in [0.1, 0.15) is 31.7 Å². The Labute approximate surface area is 101 Å². The molecule has 0 spiro atoms. The molecule has 0 radical (unpaired) electrons. The van der Waals surface area contributed by atoms with Gasteiger partial charge in [-0.2, -0.15) is 0 Å². The van der Waals surface area contributed by atoms with Crippen molar-refractivity contribution >= 4 is 15.9 Å². The summed E-state index contributed by atoms with van der Waals surface area (Å²) < 4.78 is 1.16. The van der Waals surface area contributed by atoms with Gasteiger partial charge in [-0.3, -0.25) is 4.90 Å². The van der Waals surface area contributed by atoms with Crippen molar-refractivity contribution in [3.63, 3.8) is 0 Å². The quantitative estimate of drug-likeness (QED) is 0.788. The maximum Gasteiger partial charge on any atom is 0.0236 e. The zero-order chi connectivity index (χ0) is 10.7. The Hall–Kier alpha value is -0.340. The highest BCUT2D eigenvalue weighted by atomic mass is 79.9. The molecule has 15 heavy (non-hydrogen) atoms. The number of rotatable bonds is 2. The molecular weight excluding hydrogens is 250 g/mol. The molecule has 0 unspecified atom stereocenters. The molecule has 82 valence electrons. The SMILES string of the molecule is C[C@H]1CCCCN1Cc1ccc(Br)cc1. The molecule has 1 nitrogen and oxygen atoms in total. The van der Waals surface area contributed by atoms with E-state index in [0.717, 1.165) is 17.1 Å². The molecule has 1 aliphatic heterocycles. The molecule has 0 N–H and O–H groups in total. The molecule has 0 bridgehead atoms. The van der Waals surface area contributed by atoms with Crippen LogP contribution in [-0.2, 0) is 6.54 Å². The Kier molecular flexibility index (Phi) is 3.81. The van der Waals surface area contributed by atoms with E-state index in [0.29, 0.717) is 0 Å². The topological polar surface area (TPSA) is 3.24 Å². The molecule has 1 aromatic carbocycles. The predicted molar refractivity (Wildman–Crippen MR) is 67.9 cm³/mol. The molecule has 2 rings (SSSR count). The summed E-state index contributed by atoms with van der Waals surface area (Å²) in [4.78, 5) is 2.59. The van der Waals surface area contributed by atoms with Crippen molar-refractivity contribution in [2.75, 3.05) is 6.54 Å². The van der Waals surface area contributed by atoms with Gasteiger partial charge in [0.2, 0.25) is 0 Å². The first-order valence-electron chi connectivity index (χ1n) is 5.74. The third-order valence-electron chi connectivity index (χ3n) is 3.24. The summed E-state index contributed by atoms with van der Waals surface area (Å²) in [5.41, 5.74) is 1.42. The van der Waals surface area contributed by atoms with E-state index in [1.54, 1.807) is 0 Å². The molecule has 1 aliphatic rings. The zero-order valence-electron chi connectivity index (χ0n) is 9.25. The lowest BCUT2D eigenvalue weighted by molar-refractivity contribution is 0.152. The maximum absolute atomic E-state index is 3.47. The molecule has 0 aromatic heterocycles. The monoisotopic (exact) mass is 267 g/mol. The third kappa shape index (κ3) is 3.05. The molecule has 1 fully saturated rings. The Morgan fingerprint density at radius 3 is 2.67 bits per heavy atom. The van der Waals surface area contributed by atoms with Crippen molar-refractivity contribution < 1.29 is 0 Å². The fraction of sp³-hybridized carbons (Fsp3) is 0.538. The normalized spacial score (nSPS) is 22.9. The van der Waals surface area contributed by atoms with Gasteiger partial charge in [-0.15, -0.1) is 0 Å². The number of nitrogens with zero attached hydrogens (tertiary/aromatic N) is 1. The molecule has 0 aliphatic carbocycles. The van der Waals surface area contributed by atoms with Crippen LogP contribution < -0.4 is 0 Å². The fourth-order valence-corrected chi connectivity index (χ4v) is 2.48. The van der Waals surface area contributed by atoms with E-state index in [9.17, 15) is 0 Å². The van der Waals surface area contributed by atoms with Crippen LogP contribution in [0.15, 0.2) is 28.7 Å². The highest BCUT2D eigenvalue weighted by molar-refractivity contribution is 9.10. The van der Waals surface area contributed by atoms with Crippen molar-refractivity contribution in [2.45, 2.75) is 38.8 Å². The second-order valence-corrected chi connectivity index (χ2v) is 5.36. The van der Waals surface area contributed by atoms with Crippen LogP contribution in [0.25, 0.3) is 0 Å². The molecule has 1 aromatic rings.